The molecule has 1 unspecified atom stereocenters. The highest BCUT2D eigenvalue weighted by atomic mass is 35.5. The third kappa shape index (κ3) is 6.39. The molecule has 0 saturated carbocycles. The molecule has 2 aromatic rings. The number of carbonyl (C=O) groups excluding carboxylic acids is 2. The van der Waals surface area contributed by atoms with Crippen LogP contribution in [0.1, 0.15) is 19.4 Å². The topological polar surface area (TPSA) is 58.6 Å². The summed E-state index contributed by atoms with van der Waals surface area (Å²) in [6, 6.07) is 11.1. The van der Waals surface area contributed by atoms with Crippen molar-refractivity contribution < 1.29 is 27.5 Å². The van der Waals surface area contributed by atoms with Crippen molar-refractivity contribution in [3.63, 3.8) is 0 Å². The Bertz CT molecular complexity index is 874. The van der Waals surface area contributed by atoms with E-state index in [-0.39, 0.29) is 12.2 Å². The van der Waals surface area contributed by atoms with E-state index in [1.807, 2.05) is 0 Å². The first kappa shape index (κ1) is 22.5. The van der Waals surface area contributed by atoms with Crippen molar-refractivity contribution in [3.8, 4) is 5.75 Å². The number of hydrogen-bond donors (Lipinski definition) is 1. The summed E-state index contributed by atoms with van der Waals surface area (Å²) in [4.78, 5) is 26.0. The van der Waals surface area contributed by atoms with Crippen molar-refractivity contribution in [1.29, 1.82) is 0 Å². The maximum absolute atomic E-state index is 13.1. The number of para-hydroxylation sites is 1. The quantitative estimate of drug-likeness (QED) is 0.700. The van der Waals surface area contributed by atoms with Gasteiger partial charge in [0.1, 0.15) is 5.75 Å². The maximum Gasteiger partial charge on any atom is 0.418 e. The van der Waals surface area contributed by atoms with Gasteiger partial charge in [-0.1, -0.05) is 29.8 Å². The SMILES string of the molecule is CCN(CC(=O)Nc1ccccc1C(F)(F)F)C(=O)C(C)Oc1cccc(Cl)c1. The first-order valence-corrected chi connectivity index (χ1v) is 9.16. The Hall–Kier alpha value is -2.74. The van der Waals surface area contributed by atoms with E-state index < -0.39 is 36.2 Å². The Labute approximate surface area is 171 Å². The number of nitrogens with zero attached hydrogens (tertiary/aromatic N) is 1. The Balaban J connectivity index is 2.03. The van der Waals surface area contributed by atoms with Crippen LogP contribution in [0.25, 0.3) is 0 Å². The normalized spacial score (nSPS) is 12.2. The predicted molar refractivity (Wildman–Crippen MR) is 104 cm³/mol. The number of carbonyl (C=O) groups is 2. The number of amides is 2. The lowest BCUT2D eigenvalue weighted by molar-refractivity contribution is -0.140. The van der Waals surface area contributed by atoms with Crippen molar-refractivity contribution in [2.24, 2.45) is 0 Å². The Kier molecular flexibility index (Phi) is 7.50. The third-order valence-electron chi connectivity index (χ3n) is 3.99. The van der Waals surface area contributed by atoms with Gasteiger partial charge < -0.3 is 15.0 Å². The molecule has 0 radical (unpaired) electrons. The molecule has 0 spiro atoms. The molecular weight excluding hydrogens is 409 g/mol. The van der Waals surface area contributed by atoms with E-state index in [0.29, 0.717) is 10.8 Å². The van der Waals surface area contributed by atoms with E-state index >= 15 is 0 Å². The summed E-state index contributed by atoms with van der Waals surface area (Å²) in [6.45, 7) is 2.94. The van der Waals surface area contributed by atoms with Gasteiger partial charge in [0.25, 0.3) is 5.91 Å². The van der Waals surface area contributed by atoms with Crippen LogP contribution >= 0.6 is 11.6 Å². The average Bonchev–Trinajstić information content (AvgIpc) is 2.65. The molecule has 0 fully saturated rings. The molecule has 2 rings (SSSR count). The van der Waals surface area contributed by atoms with Crippen molar-refractivity contribution >= 4 is 29.1 Å². The fourth-order valence-electron chi connectivity index (χ4n) is 2.60. The lowest BCUT2D eigenvalue weighted by Crippen LogP contribution is -2.44. The van der Waals surface area contributed by atoms with E-state index in [9.17, 15) is 22.8 Å². The molecule has 29 heavy (non-hydrogen) atoms. The van der Waals surface area contributed by atoms with E-state index in [1.54, 1.807) is 31.2 Å². The van der Waals surface area contributed by atoms with Crippen LogP contribution in [0.3, 0.4) is 0 Å². The van der Waals surface area contributed by atoms with Crippen molar-refractivity contribution in [1.82, 2.24) is 4.90 Å². The Morgan fingerprint density at radius 3 is 2.48 bits per heavy atom. The Morgan fingerprint density at radius 2 is 1.86 bits per heavy atom. The fourth-order valence-corrected chi connectivity index (χ4v) is 2.78. The summed E-state index contributed by atoms with van der Waals surface area (Å²) in [7, 11) is 0. The van der Waals surface area contributed by atoms with Gasteiger partial charge in [0.15, 0.2) is 6.10 Å². The number of hydrogen-bond acceptors (Lipinski definition) is 3. The molecule has 1 atom stereocenters. The minimum atomic E-state index is -4.61. The number of halogens is 4. The molecule has 0 aromatic heterocycles. The van der Waals surface area contributed by atoms with Crippen LogP contribution in [0.4, 0.5) is 18.9 Å². The van der Waals surface area contributed by atoms with Crippen molar-refractivity contribution in [2.45, 2.75) is 26.1 Å². The van der Waals surface area contributed by atoms with Crippen LogP contribution in [-0.2, 0) is 15.8 Å². The number of rotatable bonds is 7. The second-order valence-electron chi connectivity index (χ2n) is 6.16. The standard InChI is InChI=1S/C20H20ClF3N2O3/c1-3-26(19(28)13(2)29-15-8-6-7-14(21)11-15)12-18(27)25-17-10-5-4-9-16(17)20(22,23)24/h4-11,13H,3,12H2,1-2H3,(H,25,27). The molecule has 0 aliphatic heterocycles. The first-order chi connectivity index (χ1) is 13.6. The zero-order valence-electron chi connectivity index (χ0n) is 15.8. The van der Waals surface area contributed by atoms with Gasteiger partial charge in [-0.05, 0) is 44.2 Å². The monoisotopic (exact) mass is 428 g/mol. The molecule has 2 amide bonds. The summed E-state index contributed by atoms with van der Waals surface area (Å²) >= 11 is 5.88. The molecule has 0 heterocycles. The molecule has 1 N–H and O–H groups in total. The molecule has 0 bridgehead atoms. The number of likely N-dealkylation sites (N-methyl/N-ethyl adjacent to an activating group) is 1. The van der Waals surface area contributed by atoms with Gasteiger partial charge in [-0.15, -0.1) is 0 Å². The molecule has 2 aromatic carbocycles. The summed E-state index contributed by atoms with van der Waals surface area (Å²) in [5.74, 6) is -0.837. The lowest BCUT2D eigenvalue weighted by Gasteiger charge is -2.24. The van der Waals surface area contributed by atoms with Gasteiger partial charge in [-0.2, -0.15) is 13.2 Å². The third-order valence-corrected chi connectivity index (χ3v) is 4.23. The van der Waals surface area contributed by atoms with Crippen molar-refractivity contribution in [3.05, 3.63) is 59.1 Å². The smallest absolute Gasteiger partial charge is 0.418 e. The number of anilines is 1. The van der Waals surface area contributed by atoms with Crippen LogP contribution in [0, 0.1) is 0 Å². The van der Waals surface area contributed by atoms with Gasteiger partial charge >= 0.3 is 6.18 Å². The van der Waals surface area contributed by atoms with Crippen LogP contribution in [0.15, 0.2) is 48.5 Å². The fraction of sp³-hybridized carbons (Fsp3) is 0.300. The summed E-state index contributed by atoms with van der Waals surface area (Å²) in [5.41, 5.74) is -1.32. The first-order valence-electron chi connectivity index (χ1n) is 8.79. The Morgan fingerprint density at radius 1 is 1.17 bits per heavy atom. The highest BCUT2D eigenvalue weighted by molar-refractivity contribution is 6.30. The van der Waals surface area contributed by atoms with Crippen LogP contribution in [-0.4, -0.2) is 35.9 Å². The maximum atomic E-state index is 13.1. The number of ether oxygens (including phenoxy) is 1. The second kappa shape index (κ2) is 9.65. The van der Waals surface area contributed by atoms with Crippen LogP contribution in [0.5, 0.6) is 5.75 Å². The largest absolute Gasteiger partial charge is 0.481 e. The zero-order valence-corrected chi connectivity index (χ0v) is 16.6. The summed E-state index contributed by atoms with van der Waals surface area (Å²) in [6.07, 6.45) is -5.52. The lowest BCUT2D eigenvalue weighted by atomic mass is 10.1. The molecule has 0 saturated heterocycles. The predicted octanol–water partition coefficient (Wildman–Crippen LogP) is 4.61. The van der Waals surface area contributed by atoms with Gasteiger partial charge in [0.2, 0.25) is 5.91 Å². The molecular formula is C20H20ClF3N2O3. The van der Waals surface area contributed by atoms with E-state index in [4.69, 9.17) is 16.3 Å². The van der Waals surface area contributed by atoms with Gasteiger partial charge in [-0.3, -0.25) is 9.59 Å². The van der Waals surface area contributed by atoms with Gasteiger partial charge in [0, 0.05) is 11.6 Å². The molecule has 5 nitrogen and oxygen atoms in total. The summed E-state index contributed by atoms with van der Waals surface area (Å²) in [5, 5.41) is 2.66. The number of benzene rings is 2. The minimum Gasteiger partial charge on any atom is -0.481 e. The molecule has 0 aliphatic rings. The van der Waals surface area contributed by atoms with Gasteiger partial charge in [-0.25, -0.2) is 0 Å². The number of nitrogens with one attached hydrogen (secondary N) is 1. The minimum absolute atomic E-state index is 0.177. The van der Waals surface area contributed by atoms with E-state index in [0.717, 1.165) is 12.1 Å². The highest BCUT2D eigenvalue weighted by Gasteiger charge is 2.33. The number of alkyl halides is 3. The van der Waals surface area contributed by atoms with Crippen LogP contribution < -0.4 is 10.1 Å². The molecule has 0 aliphatic carbocycles. The van der Waals surface area contributed by atoms with Gasteiger partial charge in [0.05, 0.1) is 17.8 Å². The molecule has 9 heteroatoms. The highest BCUT2D eigenvalue weighted by Crippen LogP contribution is 2.34. The summed E-state index contributed by atoms with van der Waals surface area (Å²) < 4.78 is 44.7. The zero-order chi connectivity index (χ0) is 21.6. The average molecular weight is 429 g/mol. The second-order valence-corrected chi connectivity index (χ2v) is 6.60. The van der Waals surface area contributed by atoms with Crippen LogP contribution in [0.2, 0.25) is 5.02 Å². The van der Waals surface area contributed by atoms with E-state index in [1.165, 1.54) is 24.0 Å². The van der Waals surface area contributed by atoms with E-state index in [2.05, 4.69) is 5.32 Å². The molecule has 156 valence electrons. The van der Waals surface area contributed by atoms with Crippen molar-refractivity contribution in [2.75, 3.05) is 18.4 Å².